The lowest BCUT2D eigenvalue weighted by molar-refractivity contribution is -0.248. The van der Waals surface area contributed by atoms with Gasteiger partial charge in [0.1, 0.15) is 0 Å². The lowest BCUT2D eigenvalue weighted by atomic mass is 9.70. The van der Waals surface area contributed by atoms with E-state index >= 15 is 0 Å². The Labute approximate surface area is 73.9 Å². The predicted octanol–water partition coefficient (Wildman–Crippen LogP) is 1.92. The van der Waals surface area contributed by atoms with Crippen LogP contribution in [-0.2, 0) is 4.74 Å². The molecule has 2 fully saturated rings. The first-order valence-corrected chi connectivity index (χ1v) is 4.81. The lowest BCUT2D eigenvalue weighted by Crippen LogP contribution is -2.49. The van der Waals surface area contributed by atoms with E-state index in [9.17, 15) is 5.11 Å². The molecule has 0 aromatic heterocycles. The zero-order valence-corrected chi connectivity index (χ0v) is 8.13. The van der Waals surface area contributed by atoms with Crippen molar-refractivity contribution in [2.45, 2.75) is 51.9 Å². The van der Waals surface area contributed by atoms with Gasteiger partial charge in [-0.2, -0.15) is 0 Å². The van der Waals surface area contributed by atoms with Crippen LogP contribution in [0.3, 0.4) is 0 Å². The van der Waals surface area contributed by atoms with Crippen LogP contribution < -0.4 is 0 Å². The molecule has 12 heavy (non-hydrogen) atoms. The first-order valence-electron chi connectivity index (χ1n) is 4.81. The molecule has 0 unspecified atom stereocenters. The van der Waals surface area contributed by atoms with Crippen LogP contribution in [0.5, 0.6) is 0 Å². The molecule has 1 N–H and O–H groups in total. The van der Waals surface area contributed by atoms with Crippen molar-refractivity contribution in [3.05, 3.63) is 0 Å². The van der Waals surface area contributed by atoms with Gasteiger partial charge in [-0.1, -0.05) is 13.8 Å². The molecule has 0 aromatic rings. The van der Waals surface area contributed by atoms with Gasteiger partial charge in [-0.25, -0.2) is 0 Å². The van der Waals surface area contributed by atoms with Gasteiger partial charge in [0, 0.05) is 6.42 Å². The highest BCUT2D eigenvalue weighted by atomic mass is 16.6. The predicted molar refractivity (Wildman–Crippen MR) is 46.6 cm³/mol. The Hall–Kier alpha value is -0.0800. The summed E-state index contributed by atoms with van der Waals surface area (Å²) >= 11 is 0. The van der Waals surface area contributed by atoms with Crippen molar-refractivity contribution in [1.82, 2.24) is 0 Å². The highest BCUT2D eigenvalue weighted by molar-refractivity contribution is 5.04. The average molecular weight is 170 g/mol. The number of rotatable bonds is 0. The second kappa shape index (κ2) is 2.24. The van der Waals surface area contributed by atoms with Crippen molar-refractivity contribution in [2.75, 3.05) is 0 Å². The molecule has 2 rings (SSSR count). The van der Waals surface area contributed by atoms with Crippen LogP contribution >= 0.6 is 0 Å². The van der Waals surface area contributed by atoms with E-state index in [4.69, 9.17) is 4.74 Å². The summed E-state index contributed by atoms with van der Waals surface area (Å²) in [6, 6.07) is 0. The lowest BCUT2D eigenvalue weighted by Gasteiger charge is -2.47. The van der Waals surface area contributed by atoms with Crippen molar-refractivity contribution in [1.29, 1.82) is 0 Å². The van der Waals surface area contributed by atoms with Crippen molar-refractivity contribution in [3.8, 4) is 0 Å². The van der Waals surface area contributed by atoms with Crippen LogP contribution in [0.4, 0.5) is 0 Å². The molecule has 1 heterocycles. The first kappa shape index (κ1) is 8.52. The van der Waals surface area contributed by atoms with Gasteiger partial charge in [-0.3, -0.25) is 0 Å². The second-order valence-electron chi connectivity index (χ2n) is 5.00. The van der Waals surface area contributed by atoms with Gasteiger partial charge in [0.2, 0.25) is 0 Å². The fourth-order valence-electron chi connectivity index (χ4n) is 2.78. The maximum atomic E-state index is 9.47. The Balaban J connectivity index is 2.31. The number of ether oxygens (including phenoxy) is 1. The van der Waals surface area contributed by atoms with Gasteiger partial charge in [0.15, 0.2) is 6.29 Å². The second-order valence-corrected chi connectivity index (χ2v) is 5.00. The maximum absolute atomic E-state index is 9.47. The van der Waals surface area contributed by atoms with E-state index in [1.807, 2.05) is 0 Å². The molecular weight excluding hydrogens is 152 g/mol. The van der Waals surface area contributed by atoms with Crippen LogP contribution in [0.2, 0.25) is 0 Å². The Kier molecular flexibility index (Phi) is 1.59. The third-order valence-electron chi connectivity index (χ3n) is 4.24. The minimum Gasteiger partial charge on any atom is -0.368 e. The molecule has 1 aliphatic heterocycles. The van der Waals surface area contributed by atoms with Crippen LogP contribution in [0.1, 0.15) is 40.0 Å². The van der Waals surface area contributed by atoms with Gasteiger partial charge in [0.25, 0.3) is 0 Å². The third-order valence-corrected chi connectivity index (χ3v) is 4.24. The highest BCUT2D eigenvalue weighted by Gasteiger charge is 2.56. The van der Waals surface area contributed by atoms with Crippen molar-refractivity contribution < 1.29 is 9.84 Å². The third kappa shape index (κ3) is 0.882. The smallest absolute Gasteiger partial charge is 0.155 e. The minimum absolute atomic E-state index is 0.0880. The molecule has 3 atom stereocenters. The van der Waals surface area contributed by atoms with Crippen molar-refractivity contribution in [3.63, 3.8) is 0 Å². The van der Waals surface area contributed by atoms with Gasteiger partial charge < -0.3 is 9.84 Å². The summed E-state index contributed by atoms with van der Waals surface area (Å²) in [6.07, 6.45) is 2.61. The summed E-state index contributed by atoms with van der Waals surface area (Å²) in [5, 5.41) is 9.47. The van der Waals surface area contributed by atoms with E-state index in [2.05, 4.69) is 20.8 Å². The van der Waals surface area contributed by atoms with Gasteiger partial charge in [-0.15, -0.1) is 0 Å². The Morgan fingerprint density at radius 1 is 1.33 bits per heavy atom. The summed E-state index contributed by atoms with van der Waals surface area (Å²) in [6.45, 7) is 6.66. The van der Waals surface area contributed by atoms with Crippen LogP contribution in [-0.4, -0.2) is 17.0 Å². The zero-order valence-electron chi connectivity index (χ0n) is 8.13. The average Bonchev–Trinajstić information content (AvgIpc) is 2.16. The molecule has 1 aliphatic carbocycles. The van der Waals surface area contributed by atoms with Crippen LogP contribution in [0.15, 0.2) is 0 Å². The van der Waals surface area contributed by atoms with Crippen molar-refractivity contribution >= 4 is 0 Å². The van der Waals surface area contributed by atoms with Crippen molar-refractivity contribution in [2.24, 2.45) is 11.3 Å². The molecule has 0 amide bonds. The van der Waals surface area contributed by atoms with Crippen LogP contribution in [0.25, 0.3) is 0 Å². The molecule has 2 bridgehead atoms. The largest absolute Gasteiger partial charge is 0.368 e. The number of fused-ring (bicyclic) bond motifs is 2. The fourth-order valence-corrected chi connectivity index (χ4v) is 2.78. The first-order chi connectivity index (χ1) is 5.46. The SMILES string of the molecule is CC1(C)[C@H]2CC[C@]1(C)O[C@H](O)C2. The number of aliphatic hydroxyl groups is 1. The molecular formula is C10H18O2. The maximum Gasteiger partial charge on any atom is 0.155 e. The molecule has 0 aromatic carbocycles. The van der Waals surface area contributed by atoms with Crippen LogP contribution in [0, 0.1) is 11.3 Å². The quantitative estimate of drug-likeness (QED) is 0.602. The minimum atomic E-state index is -0.518. The summed E-state index contributed by atoms with van der Waals surface area (Å²) in [4.78, 5) is 0. The van der Waals surface area contributed by atoms with Gasteiger partial charge in [0.05, 0.1) is 5.60 Å². The van der Waals surface area contributed by atoms with E-state index in [-0.39, 0.29) is 11.0 Å². The molecule has 2 nitrogen and oxygen atoms in total. The fraction of sp³-hybridized carbons (Fsp3) is 1.00. The topological polar surface area (TPSA) is 29.5 Å². The summed E-state index contributed by atoms with van der Waals surface area (Å²) in [7, 11) is 0. The summed E-state index contributed by atoms with van der Waals surface area (Å²) in [5.74, 6) is 0.645. The molecule has 1 saturated carbocycles. The monoisotopic (exact) mass is 170 g/mol. The van der Waals surface area contributed by atoms with E-state index in [0.717, 1.165) is 12.8 Å². The molecule has 70 valence electrons. The summed E-state index contributed by atoms with van der Waals surface area (Å²) in [5.41, 5.74) is 0.154. The molecule has 0 spiro atoms. The molecule has 2 heteroatoms. The zero-order chi connectivity index (χ0) is 8.98. The molecule has 1 saturated heterocycles. The van der Waals surface area contributed by atoms with E-state index in [1.165, 1.54) is 6.42 Å². The summed E-state index contributed by atoms with van der Waals surface area (Å²) < 4.78 is 5.64. The standard InChI is InChI=1S/C10H18O2/c1-9(2)7-4-5-10(9,3)12-8(11)6-7/h7-8,11H,4-6H2,1-3H3/t7-,8-,10-/m0/s1. The Bertz CT molecular complexity index is 200. The van der Waals surface area contributed by atoms with Gasteiger partial charge >= 0.3 is 0 Å². The normalized spacial score (nSPS) is 51.0. The highest BCUT2D eigenvalue weighted by Crippen LogP contribution is 2.57. The van der Waals surface area contributed by atoms with E-state index in [0.29, 0.717) is 5.92 Å². The molecule has 0 radical (unpaired) electrons. The number of hydrogen-bond donors (Lipinski definition) is 1. The number of hydrogen-bond acceptors (Lipinski definition) is 2. The van der Waals surface area contributed by atoms with E-state index in [1.54, 1.807) is 0 Å². The number of aliphatic hydroxyl groups excluding tert-OH is 1. The van der Waals surface area contributed by atoms with Gasteiger partial charge in [-0.05, 0) is 31.1 Å². The molecule has 2 aliphatic rings. The van der Waals surface area contributed by atoms with E-state index < -0.39 is 6.29 Å². The Morgan fingerprint density at radius 3 is 2.58 bits per heavy atom. The Morgan fingerprint density at radius 2 is 2.00 bits per heavy atom.